The summed E-state index contributed by atoms with van der Waals surface area (Å²) in [4.78, 5) is 0. The number of rotatable bonds is 1. The summed E-state index contributed by atoms with van der Waals surface area (Å²) in [5.74, 6) is -1.55. The monoisotopic (exact) mass is 262 g/mol. The van der Waals surface area contributed by atoms with Crippen LogP contribution in [-0.4, -0.2) is 9.78 Å². The van der Waals surface area contributed by atoms with E-state index >= 15 is 0 Å². The van der Waals surface area contributed by atoms with Gasteiger partial charge in [-0.2, -0.15) is 18.3 Å². The largest absolute Gasteiger partial charge is 0.435 e. The van der Waals surface area contributed by atoms with Crippen molar-refractivity contribution in [2.24, 2.45) is 7.05 Å². The first-order valence-corrected chi connectivity index (χ1v) is 4.85. The summed E-state index contributed by atoms with van der Waals surface area (Å²) in [6.07, 6.45) is -4.63. The third-order valence-electron chi connectivity index (χ3n) is 2.37. The molecule has 2 aromatic rings. The highest BCUT2D eigenvalue weighted by molar-refractivity contribution is 5.61. The van der Waals surface area contributed by atoms with Crippen LogP contribution in [0.25, 0.3) is 11.3 Å². The molecule has 0 bridgehead atoms. The van der Waals surface area contributed by atoms with Gasteiger partial charge >= 0.3 is 6.18 Å². The van der Waals surface area contributed by atoms with Crippen LogP contribution in [0.1, 0.15) is 5.69 Å². The summed E-state index contributed by atoms with van der Waals surface area (Å²) < 4.78 is 64.6. The third kappa shape index (κ3) is 2.20. The van der Waals surface area contributed by atoms with Crippen LogP contribution >= 0.6 is 0 Å². The van der Waals surface area contributed by atoms with Gasteiger partial charge in [-0.25, -0.2) is 8.78 Å². The van der Waals surface area contributed by atoms with Crippen molar-refractivity contribution in [2.75, 3.05) is 0 Å². The Labute approximate surface area is 98.7 Å². The van der Waals surface area contributed by atoms with Gasteiger partial charge in [0.2, 0.25) is 0 Å². The van der Waals surface area contributed by atoms with Gasteiger partial charge in [0.15, 0.2) is 5.69 Å². The molecule has 0 unspecified atom stereocenters. The number of halogens is 5. The fourth-order valence-corrected chi connectivity index (χ4v) is 1.55. The molecular weight excluding hydrogens is 255 g/mol. The maximum atomic E-state index is 13.5. The van der Waals surface area contributed by atoms with Crippen LogP contribution in [-0.2, 0) is 13.2 Å². The number of nitrogens with zero attached hydrogens (tertiary/aromatic N) is 2. The zero-order valence-electron chi connectivity index (χ0n) is 9.09. The molecule has 0 spiro atoms. The number of alkyl halides is 3. The molecule has 1 aromatic heterocycles. The van der Waals surface area contributed by atoms with E-state index in [2.05, 4.69) is 5.10 Å². The Balaban J connectivity index is 2.58. The van der Waals surface area contributed by atoms with Crippen molar-refractivity contribution in [1.29, 1.82) is 0 Å². The first kappa shape index (κ1) is 12.5. The third-order valence-corrected chi connectivity index (χ3v) is 2.37. The Hall–Kier alpha value is -1.92. The van der Waals surface area contributed by atoms with Gasteiger partial charge in [0.25, 0.3) is 0 Å². The predicted octanol–water partition coefficient (Wildman–Crippen LogP) is 3.38. The molecule has 0 amide bonds. The van der Waals surface area contributed by atoms with E-state index in [9.17, 15) is 22.0 Å². The summed E-state index contributed by atoms with van der Waals surface area (Å²) in [5, 5.41) is 3.23. The lowest BCUT2D eigenvalue weighted by Gasteiger charge is -2.03. The molecule has 0 aliphatic rings. The van der Waals surface area contributed by atoms with Gasteiger partial charge in [-0.05, 0) is 24.3 Å². The van der Waals surface area contributed by atoms with Crippen LogP contribution in [0, 0.1) is 11.6 Å². The van der Waals surface area contributed by atoms with E-state index in [1.807, 2.05) is 0 Å². The van der Waals surface area contributed by atoms with Crippen LogP contribution < -0.4 is 0 Å². The quantitative estimate of drug-likeness (QED) is 0.720. The van der Waals surface area contributed by atoms with Gasteiger partial charge in [0.1, 0.15) is 11.6 Å². The first-order valence-electron chi connectivity index (χ1n) is 4.85. The van der Waals surface area contributed by atoms with Gasteiger partial charge in [-0.1, -0.05) is 0 Å². The molecule has 2 rings (SSSR count). The Bertz CT molecular complexity index is 586. The number of hydrogen-bond donors (Lipinski definition) is 0. The van der Waals surface area contributed by atoms with Crippen molar-refractivity contribution in [3.05, 3.63) is 41.6 Å². The number of benzene rings is 1. The van der Waals surface area contributed by atoms with E-state index < -0.39 is 23.5 Å². The smallest absolute Gasteiger partial charge is 0.267 e. The van der Waals surface area contributed by atoms with E-state index in [-0.39, 0.29) is 11.3 Å². The standard InChI is InChI=1S/C11H7F5N2/c1-18-9(5-10(17-18)11(14,15)16)7-4-6(12)2-3-8(7)13/h2-5H,1H3. The van der Waals surface area contributed by atoms with Crippen molar-refractivity contribution in [1.82, 2.24) is 9.78 Å². The molecule has 0 saturated carbocycles. The second-order valence-electron chi connectivity index (χ2n) is 3.66. The highest BCUT2D eigenvalue weighted by Gasteiger charge is 2.35. The van der Waals surface area contributed by atoms with Crippen molar-refractivity contribution in [2.45, 2.75) is 6.18 Å². The SMILES string of the molecule is Cn1nc(C(F)(F)F)cc1-c1cc(F)ccc1F. The van der Waals surface area contributed by atoms with Crippen molar-refractivity contribution >= 4 is 0 Å². The molecule has 18 heavy (non-hydrogen) atoms. The number of aromatic nitrogens is 2. The number of hydrogen-bond acceptors (Lipinski definition) is 1. The van der Waals surface area contributed by atoms with Gasteiger partial charge in [-0.15, -0.1) is 0 Å². The zero-order chi connectivity index (χ0) is 13.5. The molecule has 2 nitrogen and oxygen atoms in total. The maximum Gasteiger partial charge on any atom is 0.435 e. The maximum absolute atomic E-state index is 13.5. The van der Waals surface area contributed by atoms with Crippen LogP contribution in [0.15, 0.2) is 24.3 Å². The Kier molecular flexibility index (Phi) is 2.84. The summed E-state index contributed by atoms with van der Waals surface area (Å²) in [7, 11) is 1.23. The van der Waals surface area contributed by atoms with E-state index in [0.717, 1.165) is 22.9 Å². The molecule has 0 fully saturated rings. The van der Waals surface area contributed by atoms with Crippen molar-refractivity contribution < 1.29 is 22.0 Å². The van der Waals surface area contributed by atoms with Crippen LogP contribution in [0.3, 0.4) is 0 Å². The van der Waals surface area contributed by atoms with Crippen molar-refractivity contribution in [3.8, 4) is 11.3 Å². The van der Waals surface area contributed by atoms with Gasteiger partial charge in [0.05, 0.1) is 5.69 Å². The van der Waals surface area contributed by atoms with Gasteiger partial charge in [-0.3, -0.25) is 4.68 Å². The molecule has 0 aliphatic carbocycles. The molecule has 0 N–H and O–H groups in total. The highest BCUT2D eigenvalue weighted by Crippen LogP contribution is 2.32. The average Bonchev–Trinajstić information content (AvgIpc) is 2.64. The second-order valence-corrected chi connectivity index (χ2v) is 3.66. The summed E-state index contributed by atoms with van der Waals surface area (Å²) in [5.41, 5.74) is -1.55. The van der Waals surface area contributed by atoms with Crippen LogP contribution in [0.4, 0.5) is 22.0 Å². The number of aryl methyl sites for hydroxylation is 1. The molecule has 1 aromatic carbocycles. The summed E-state index contributed by atoms with van der Waals surface area (Å²) >= 11 is 0. The molecule has 0 saturated heterocycles. The minimum atomic E-state index is -4.63. The fourth-order valence-electron chi connectivity index (χ4n) is 1.55. The lowest BCUT2D eigenvalue weighted by atomic mass is 10.1. The minimum Gasteiger partial charge on any atom is -0.267 e. The lowest BCUT2D eigenvalue weighted by molar-refractivity contribution is -0.141. The lowest BCUT2D eigenvalue weighted by Crippen LogP contribution is -2.06. The Morgan fingerprint density at radius 1 is 1.11 bits per heavy atom. The first-order chi connectivity index (χ1) is 8.29. The minimum absolute atomic E-state index is 0.140. The van der Waals surface area contributed by atoms with Crippen LogP contribution in [0.2, 0.25) is 0 Å². The normalized spacial score (nSPS) is 11.9. The molecule has 96 valence electrons. The van der Waals surface area contributed by atoms with E-state index in [1.165, 1.54) is 7.05 Å². The van der Waals surface area contributed by atoms with E-state index in [1.54, 1.807) is 0 Å². The van der Waals surface area contributed by atoms with E-state index in [4.69, 9.17) is 0 Å². The van der Waals surface area contributed by atoms with Crippen molar-refractivity contribution in [3.63, 3.8) is 0 Å². The fraction of sp³-hybridized carbons (Fsp3) is 0.182. The molecule has 1 heterocycles. The molecule has 7 heteroatoms. The summed E-state index contributed by atoms with van der Waals surface area (Å²) in [6, 6.07) is 3.25. The molecule has 0 radical (unpaired) electrons. The summed E-state index contributed by atoms with van der Waals surface area (Å²) in [6.45, 7) is 0. The second kappa shape index (κ2) is 4.08. The van der Waals surface area contributed by atoms with Gasteiger partial charge < -0.3 is 0 Å². The highest BCUT2D eigenvalue weighted by atomic mass is 19.4. The topological polar surface area (TPSA) is 17.8 Å². The molecule has 0 aliphatic heterocycles. The molecule has 0 atom stereocenters. The Morgan fingerprint density at radius 3 is 2.33 bits per heavy atom. The Morgan fingerprint density at radius 2 is 1.78 bits per heavy atom. The zero-order valence-corrected chi connectivity index (χ0v) is 9.09. The molecular formula is C11H7F5N2. The predicted molar refractivity (Wildman–Crippen MR) is 53.6 cm³/mol. The average molecular weight is 262 g/mol. The van der Waals surface area contributed by atoms with Gasteiger partial charge in [0, 0.05) is 12.6 Å². The van der Waals surface area contributed by atoms with E-state index in [0.29, 0.717) is 6.07 Å². The van der Waals surface area contributed by atoms with Crippen LogP contribution in [0.5, 0.6) is 0 Å².